The van der Waals surface area contributed by atoms with Crippen LogP contribution in [0.15, 0.2) is 59.1 Å². The zero-order chi connectivity index (χ0) is 18.9. The molecule has 130 valence electrons. The molecule has 0 saturated carbocycles. The van der Waals surface area contributed by atoms with E-state index in [1.54, 1.807) is 18.2 Å². The zero-order valence-corrected chi connectivity index (χ0v) is 14.1. The van der Waals surface area contributed by atoms with Gasteiger partial charge in [-0.15, -0.1) is 0 Å². The molecule has 2 N–H and O–H groups in total. The molecule has 0 unspecified atom stereocenters. The molecule has 0 bridgehead atoms. The van der Waals surface area contributed by atoms with Gasteiger partial charge in [0, 0.05) is 5.69 Å². The average Bonchev–Trinajstić information content (AvgIpc) is 2.64. The van der Waals surface area contributed by atoms with Gasteiger partial charge in [-0.05, 0) is 36.4 Å². The molecule has 2 aromatic rings. The summed E-state index contributed by atoms with van der Waals surface area (Å²) in [5.74, 6) is -1.55. The average molecular weight is 370 g/mol. The highest BCUT2D eigenvalue weighted by molar-refractivity contribution is 8.03. The van der Waals surface area contributed by atoms with Crippen molar-refractivity contribution >= 4 is 29.0 Å². The fourth-order valence-electron chi connectivity index (χ4n) is 1.85. The van der Waals surface area contributed by atoms with Crippen LogP contribution in [-0.2, 0) is 4.79 Å². The number of hydrogen-bond acceptors (Lipinski definition) is 5. The van der Waals surface area contributed by atoms with Gasteiger partial charge in [-0.1, -0.05) is 23.9 Å². The van der Waals surface area contributed by atoms with Gasteiger partial charge in [0.25, 0.3) is 0 Å². The first-order chi connectivity index (χ1) is 12.5. The molecule has 0 fully saturated rings. The van der Waals surface area contributed by atoms with E-state index >= 15 is 0 Å². The van der Waals surface area contributed by atoms with Crippen LogP contribution in [0.1, 0.15) is 0 Å². The Morgan fingerprint density at radius 1 is 1.00 bits per heavy atom. The molecular weight excluding hydrogens is 358 g/mol. The zero-order valence-electron chi connectivity index (χ0n) is 13.3. The molecule has 0 aromatic heterocycles. The molecule has 0 heterocycles. The number of carbonyl (C=O) groups excluding carboxylic acids is 1. The van der Waals surface area contributed by atoms with Gasteiger partial charge in [0.1, 0.15) is 28.8 Å². The molecule has 0 spiro atoms. The second-order valence-electron chi connectivity index (χ2n) is 4.88. The van der Waals surface area contributed by atoms with Gasteiger partial charge in [-0.25, -0.2) is 8.78 Å². The van der Waals surface area contributed by atoms with Crippen LogP contribution in [0, 0.1) is 34.3 Å². The highest BCUT2D eigenvalue weighted by Crippen LogP contribution is 2.24. The Morgan fingerprint density at radius 2 is 1.65 bits per heavy atom. The maximum Gasteiger partial charge on any atom is 0.234 e. The van der Waals surface area contributed by atoms with E-state index < -0.39 is 17.5 Å². The fourth-order valence-corrected chi connectivity index (χ4v) is 2.62. The van der Waals surface area contributed by atoms with E-state index in [2.05, 4.69) is 10.6 Å². The van der Waals surface area contributed by atoms with E-state index in [0.717, 1.165) is 11.8 Å². The maximum absolute atomic E-state index is 13.8. The van der Waals surface area contributed by atoms with E-state index in [-0.39, 0.29) is 22.0 Å². The molecule has 0 atom stereocenters. The van der Waals surface area contributed by atoms with E-state index in [9.17, 15) is 13.6 Å². The molecule has 0 aliphatic carbocycles. The van der Waals surface area contributed by atoms with Gasteiger partial charge in [0.15, 0.2) is 5.57 Å². The van der Waals surface area contributed by atoms with Gasteiger partial charge in [-0.2, -0.15) is 10.5 Å². The summed E-state index contributed by atoms with van der Waals surface area (Å²) < 4.78 is 26.6. The number of benzene rings is 2. The predicted octanol–water partition coefficient (Wildman–Crippen LogP) is 4.01. The first-order valence-corrected chi connectivity index (χ1v) is 8.26. The standard InChI is InChI=1S/C18H12F2N4OS/c19-13-5-7-14(8-6-13)23-17(25)11-26-18(12(9-21)10-22)24-16-4-2-1-3-15(16)20/h1-8,24H,11H2,(H,23,25). The number of allylic oxidation sites excluding steroid dienone is 1. The molecular formula is C18H12F2N4OS. The van der Waals surface area contributed by atoms with Crippen molar-refractivity contribution in [2.75, 3.05) is 16.4 Å². The summed E-state index contributed by atoms with van der Waals surface area (Å²) in [5, 5.41) is 23.4. The monoisotopic (exact) mass is 370 g/mol. The maximum atomic E-state index is 13.8. The summed E-state index contributed by atoms with van der Waals surface area (Å²) in [7, 11) is 0. The minimum Gasteiger partial charge on any atom is -0.346 e. The molecule has 2 aromatic carbocycles. The van der Waals surface area contributed by atoms with Crippen molar-refractivity contribution in [3.63, 3.8) is 0 Å². The number of nitrogens with zero attached hydrogens (tertiary/aromatic N) is 2. The molecule has 26 heavy (non-hydrogen) atoms. The van der Waals surface area contributed by atoms with Gasteiger partial charge in [0.05, 0.1) is 11.4 Å². The van der Waals surface area contributed by atoms with Crippen LogP contribution in [0.25, 0.3) is 0 Å². The normalized spacial score (nSPS) is 9.54. The van der Waals surface area contributed by atoms with Crippen molar-refractivity contribution in [2.45, 2.75) is 0 Å². The third-order valence-electron chi connectivity index (χ3n) is 3.05. The van der Waals surface area contributed by atoms with Crippen molar-refractivity contribution in [3.8, 4) is 12.1 Å². The van der Waals surface area contributed by atoms with Crippen LogP contribution in [0.5, 0.6) is 0 Å². The summed E-state index contributed by atoms with van der Waals surface area (Å²) >= 11 is 0.884. The summed E-state index contributed by atoms with van der Waals surface area (Å²) in [6, 6.07) is 14.4. The number of nitriles is 2. The Kier molecular flexibility index (Phi) is 6.72. The van der Waals surface area contributed by atoms with Crippen molar-refractivity contribution in [1.82, 2.24) is 0 Å². The molecule has 2 rings (SSSR count). The third kappa shape index (κ3) is 5.33. The number of para-hydroxylation sites is 1. The Labute approximate surface area is 152 Å². The van der Waals surface area contributed by atoms with Crippen LogP contribution < -0.4 is 10.6 Å². The molecule has 0 saturated heterocycles. The van der Waals surface area contributed by atoms with Crippen LogP contribution in [0.2, 0.25) is 0 Å². The number of amides is 1. The number of thioether (sulfide) groups is 1. The Bertz CT molecular complexity index is 898. The largest absolute Gasteiger partial charge is 0.346 e. The van der Waals surface area contributed by atoms with Crippen molar-refractivity contribution in [1.29, 1.82) is 10.5 Å². The van der Waals surface area contributed by atoms with Gasteiger partial charge in [0.2, 0.25) is 5.91 Å². The smallest absolute Gasteiger partial charge is 0.234 e. The molecule has 1 amide bonds. The van der Waals surface area contributed by atoms with E-state index in [1.807, 2.05) is 0 Å². The van der Waals surface area contributed by atoms with Crippen molar-refractivity contribution in [3.05, 3.63) is 70.8 Å². The number of anilines is 2. The number of halogens is 2. The van der Waals surface area contributed by atoms with Crippen LogP contribution in [-0.4, -0.2) is 11.7 Å². The number of nitrogens with one attached hydrogen (secondary N) is 2. The molecule has 0 radical (unpaired) electrons. The minimum absolute atomic E-state index is 0.0642. The lowest BCUT2D eigenvalue weighted by molar-refractivity contribution is -0.113. The summed E-state index contributed by atoms with van der Waals surface area (Å²) in [4.78, 5) is 12.0. The Hall–Kier alpha value is -3.36. The van der Waals surface area contributed by atoms with Crippen molar-refractivity contribution < 1.29 is 13.6 Å². The van der Waals surface area contributed by atoms with E-state index in [0.29, 0.717) is 5.69 Å². The van der Waals surface area contributed by atoms with E-state index in [1.165, 1.54) is 42.5 Å². The Balaban J connectivity index is 2.08. The lowest BCUT2D eigenvalue weighted by atomic mass is 10.3. The molecule has 8 heteroatoms. The highest BCUT2D eigenvalue weighted by Gasteiger charge is 2.13. The molecule has 0 aliphatic rings. The van der Waals surface area contributed by atoms with Gasteiger partial charge in [-0.3, -0.25) is 4.79 Å². The van der Waals surface area contributed by atoms with Gasteiger partial charge < -0.3 is 10.6 Å². The molecule has 0 aliphatic heterocycles. The van der Waals surface area contributed by atoms with Crippen LogP contribution in [0.4, 0.5) is 20.2 Å². The molecule has 5 nitrogen and oxygen atoms in total. The number of rotatable bonds is 6. The summed E-state index contributed by atoms with van der Waals surface area (Å²) in [5.41, 5.74) is 0.218. The van der Waals surface area contributed by atoms with Crippen LogP contribution in [0.3, 0.4) is 0 Å². The summed E-state index contributed by atoms with van der Waals surface area (Å²) in [6.45, 7) is 0. The lowest BCUT2D eigenvalue weighted by Gasteiger charge is -2.11. The minimum atomic E-state index is -0.559. The number of hydrogen-bond donors (Lipinski definition) is 2. The van der Waals surface area contributed by atoms with Gasteiger partial charge >= 0.3 is 0 Å². The predicted molar refractivity (Wildman–Crippen MR) is 95.8 cm³/mol. The SMILES string of the molecule is N#CC(C#N)=C(Nc1ccccc1F)SCC(=O)Nc1ccc(F)cc1. The van der Waals surface area contributed by atoms with Crippen molar-refractivity contribution in [2.24, 2.45) is 0 Å². The second kappa shape index (κ2) is 9.21. The van der Waals surface area contributed by atoms with E-state index in [4.69, 9.17) is 10.5 Å². The first kappa shape index (κ1) is 19.0. The fraction of sp³-hybridized carbons (Fsp3) is 0.0556. The quantitative estimate of drug-likeness (QED) is 0.750. The lowest BCUT2D eigenvalue weighted by Crippen LogP contribution is -2.15. The first-order valence-electron chi connectivity index (χ1n) is 7.27. The number of carbonyl (C=O) groups is 1. The topological polar surface area (TPSA) is 88.7 Å². The highest BCUT2D eigenvalue weighted by atomic mass is 32.2. The Morgan fingerprint density at radius 3 is 2.27 bits per heavy atom. The summed E-state index contributed by atoms with van der Waals surface area (Å²) in [6.07, 6.45) is 0. The van der Waals surface area contributed by atoms with Crippen LogP contribution >= 0.6 is 11.8 Å². The second-order valence-corrected chi connectivity index (χ2v) is 5.86. The third-order valence-corrected chi connectivity index (χ3v) is 4.05.